The summed E-state index contributed by atoms with van der Waals surface area (Å²) in [7, 11) is 0. The Morgan fingerprint density at radius 1 is 1.03 bits per heavy atom. The maximum Gasteiger partial charge on any atom is 0.263 e. The van der Waals surface area contributed by atoms with E-state index in [9.17, 15) is 9.18 Å². The van der Waals surface area contributed by atoms with Crippen LogP contribution in [0.15, 0.2) is 66.7 Å². The van der Waals surface area contributed by atoms with Gasteiger partial charge in [0.25, 0.3) is 5.91 Å². The van der Waals surface area contributed by atoms with E-state index in [0.717, 1.165) is 10.6 Å². The minimum absolute atomic E-state index is 0.193. The molecule has 0 bridgehead atoms. The first-order valence-electron chi connectivity index (χ1n) is 10.5. The predicted molar refractivity (Wildman–Crippen MR) is 126 cm³/mol. The molecule has 0 saturated carbocycles. The highest BCUT2D eigenvalue weighted by molar-refractivity contribution is 7.17. The smallest absolute Gasteiger partial charge is 0.263 e. The Morgan fingerprint density at radius 2 is 1.82 bits per heavy atom. The van der Waals surface area contributed by atoms with Gasteiger partial charge < -0.3 is 10.1 Å². The quantitative estimate of drug-likeness (QED) is 0.356. The number of aryl methyl sites for hydroxylation is 1. The number of thiazole rings is 1. The summed E-state index contributed by atoms with van der Waals surface area (Å²) in [4.78, 5) is 17.7. The van der Waals surface area contributed by atoms with Gasteiger partial charge in [0.1, 0.15) is 22.3 Å². The molecule has 1 N–H and O–H groups in total. The molecule has 0 aliphatic heterocycles. The molecule has 0 unspecified atom stereocenters. The van der Waals surface area contributed by atoms with Crippen LogP contribution in [0.4, 0.5) is 4.39 Å². The van der Waals surface area contributed by atoms with Crippen molar-refractivity contribution < 1.29 is 13.9 Å². The lowest BCUT2D eigenvalue weighted by Crippen LogP contribution is -2.28. The Labute approximate surface area is 198 Å². The number of carbonyl (C=O) groups is 1. The molecule has 8 nitrogen and oxygen atoms in total. The van der Waals surface area contributed by atoms with E-state index in [1.807, 2.05) is 37.3 Å². The molecule has 1 amide bonds. The highest BCUT2D eigenvalue weighted by Crippen LogP contribution is 2.27. The second kappa shape index (κ2) is 9.36. The van der Waals surface area contributed by atoms with Crippen LogP contribution in [0.1, 0.15) is 15.4 Å². The van der Waals surface area contributed by atoms with Crippen LogP contribution in [-0.2, 0) is 0 Å². The van der Waals surface area contributed by atoms with Crippen molar-refractivity contribution in [3.63, 3.8) is 0 Å². The largest absolute Gasteiger partial charge is 0.475 e. The van der Waals surface area contributed by atoms with E-state index >= 15 is 0 Å². The van der Waals surface area contributed by atoms with Gasteiger partial charge in [0.05, 0.1) is 12.2 Å². The number of fused-ring (bicyclic) bond motifs is 1. The van der Waals surface area contributed by atoms with Crippen molar-refractivity contribution in [2.45, 2.75) is 6.92 Å². The van der Waals surface area contributed by atoms with Gasteiger partial charge in [0.2, 0.25) is 5.88 Å². The molecule has 5 rings (SSSR count). The lowest BCUT2D eigenvalue weighted by Gasteiger charge is -2.07. The maximum absolute atomic E-state index is 13.2. The predicted octanol–water partition coefficient (Wildman–Crippen LogP) is 4.17. The van der Waals surface area contributed by atoms with Gasteiger partial charge in [-0.2, -0.15) is 4.52 Å². The van der Waals surface area contributed by atoms with E-state index < -0.39 is 0 Å². The number of nitrogens with zero attached hydrogens (tertiary/aromatic N) is 5. The van der Waals surface area contributed by atoms with Crippen molar-refractivity contribution >= 4 is 22.9 Å². The molecule has 5 aromatic rings. The minimum Gasteiger partial charge on any atom is -0.475 e. The van der Waals surface area contributed by atoms with Gasteiger partial charge in [-0.15, -0.1) is 26.6 Å². The number of hydrogen-bond acceptors (Lipinski definition) is 7. The van der Waals surface area contributed by atoms with Crippen molar-refractivity contribution in [1.29, 1.82) is 0 Å². The van der Waals surface area contributed by atoms with Gasteiger partial charge in [0.15, 0.2) is 11.5 Å². The lowest BCUT2D eigenvalue weighted by molar-refractivity contribution is 0.0949. The molecule has 0 saturated heterocycles. The summed E-state index contributed by atoms with van der Waals surface area (Å²) < 4.78 is 20.5. The van der Waals surface area contributed by atoms with Gasteiger partial charge in [-0.05, 0) is 37.3 Å². The molecule has 0 fully saturated rings. The first kappa shape index (κ1) is 21.7. The average Bonchev–Trinajstić information content (AvgIpc) is 3.46. The summed E-state index contributed by atoms with van der Waals surface area (Å²) in [5.41, 5.74) is 2.89. The number of hydrogen-bond donors (Lipinski definition) is 1. The minimum atomic E-state index is -0.332. The summed E-state index contributed by atoms with van der Waals surface area (Å²) in [6.07, 6.45) is 0. The number of aromatic nitrogens is 5. The number of ether oxygens (including phenoxy) is 1. The molecule has 0 aliphatic rings. The molecule has 0 aliphatic carbocycles. The number of benzene rings is 2. The average molecular weight is 475 g/mol. The highest BCUT2D eigenvalue weighted by atomic mass is 32.1. The fraction of sp³-hybridized carbons (Fsp3) is 0.125. The maximum atomic E-state index is 13.2. The number of nitrogens with one attached hydrogen (secondary N) is 1. The van der Waals surface area contributed by atoms with Crippen molar-refractivity contribution in [3.05, 3.63) is 83.1 Å². The molecular weight excluding hydrogens is 455 g/mol. The van der Waals surface area contributed by atoms with Crippen molar-refractivity contribution in [2.24, 2.45) is 0 Å². The highest BCUT2D eigenvalue weighted by Gasteiger charge is 2.16. The summed E-state index contributed by atoms with van der Waals surface area (Å²) in [6.45, 7) is 2.34. The van der Waals surface area contributed by atoms with E-state index in [1.165, 1.54) is 28.0 Å². The van der Waals surface area contributed by atoms with Gasteiger partial charge in [-0.3, -0.25) is 4.79 Å². The van der Waals surface area contributed by atoms with E-state index in [2.05, 4.69) is 25.6 Å². The van der Waals surface area contributed by atoms with Crippen molar-refractivity contribution in [1.82, 2.24) is 30.1 Å². The molecule has 0 spiro atoms. The van der Waals surface area contributed by atoms with Crippen molar-refractivity contribution in [2.75, 3.05) is 13.2 Å². The molecule has 34 heavy (non-hydrogen) atoms. The zero-order valence-electron chi connectivity index (χ0n) is 18.1. The van der Waals surface area contributed by atoms with Crippen LogP contribution >= 0.6 is 11.3 Å². The van der Waals surface area contributed by atoms with E-state index in [1.54, 1.807) is 24.3 Å². The van der Waals surface area contributed by atoms with Crippen LogP contribution in [0.25, 0.3) is 27.6 Å². The Balaban J connectivity index is 1.21. The SMILES string of the molecule is Cc1nc(-c2ccccc2)sc1C(=O)NCCOc1ccc2nnc(-c3ccc(F)cc3)n2n1. The van der Waals surface area contributed by atoms with Gasteiger partial charge in [-0.1, -0.05) is 30.3 Å². The second-order valence-electron chi connectivity index (χ2n) is 7.38. The van der Waals surface area contributed by atoms with Crippen LogP contribution in [0.3, 0.4) is 0 Å². The molecule has 2 aromatic carbocycles. The van der Waals surface area contributed by atoms with Gasteiger partial charge in [-0.25, -0.2) is 9.37 Å². The molecular formula is C24H19FN6O2S. The number of carbonyl (C=O) groups excluding carboxylic acids is 1. The summed E-state index contributed by atoms with van der Waals surface area (Å²) in [5.74, 6) is 0.303. The van der Waals surface area contributed by atoms with Crippen molar-refractivity contribution in [3.8, 4) is 27.8 Å². The molecule has 0 atom stereocenters. The lowest BCUT2D eigenvalue weighted by atomic mass is 10.2. The zero-order valence-corrected chi connectivity index (χ0v) is 18.9. The Hall–Kier alpha value is -4.18. The fourth-order valence-corrected chi connectivity index (χ4v) is 4.33. The Morgan fingerprint density at radius 3 is 2.62 bits per heavy atom. The Bertz CT molecular complexity index is 1450. The third kappa shape index (κ3) is 4.48. The van der Waals surface area contributed by atoms with Gasteiger partial charge in [0, 0.05) is 17.2 Å². The van der Waals surface area contributed by atoms with Gasteiger partial charge >= 0.3 is 0 Å². The standard InChI is InChI=1S/C24H19FN6O2S/c1-15-21(34-24(27-15)17-5-3-2-4-6-17)23(32)26-13-14-33-20-12-11-19-28-29-22(31(19)30-20)16-7-9-18(25)10-8-16/h2-12H,13-14H2,1H3,(H,26,32). The number of rotatable bonds is 7. The topological polar surface area (TPSA) is 94.3 Å². The third-order valence-corrected chi connectivity index (χ3v) is 6.21. The Kier molecular flexibility index (Phi) is 5.96. The summed E-state index contributed by atoms with van der Waals surface area (Å²) in [6, 6.07) is 19.1. The van der Waals surface area contributed by atoms with Crippen LogP contribution in [-0.4, -0.2) is 43.9 Å². The third-order valence-electron chi connectivity index (χ3n) is 5.00. The first-order chi connectivity index (χ1) is 16.6. The van der Waals surface area contributed by atoms with Crippen LogP contribution in [0, 0.1) is 12.7 Å². The molecule has 3 heterocycles. The first-order valence-corrected chi connectivity index (χ1v) is 11.3. The molecule has 170 valence electrons. The van der Waals surface area contributed by atoms with Crippen LogP contribution < -0.4 is 10.1 Å². The van der Waals surface area contributed by atoms with E-state index in [0.29, 0.717) is 40.0 Å². The second-order valence-corrected chi connectivity index (χ2v) is 8.38. The number of halogens is 1. The molecule has 0 radical (unpaired) electrons. The molecule has 10 heteroatoms. The fourth-order valence-electron chi connectivity index (χ4n) is 3.34. The molecule has 3 aromatic heterocycles. The van der Waals surface area contributed by atoms with Crippen LogP contribution in [0.5, 0.6) is 5.88 Å². The van der Waals surface area contributed by atoms with E-state index in [-0.39, 0.29) is 18.3 Å². The van der Waals surface area contributed by atoms with Crippen LogP contribution in [0.2, 0.25) is 0 Å². The van der Waals surface area contributed by atoms with E-state index in [4.69, 9.17) is 4.74 Å². The number of amides is 1. The zero-order chi connectivity index (χ0) is 23.5. The normalized spacial score (nSPS) is 11.0. The monoisotopic (exact) mass is 474 g/mol. The summed E-state index contributed by atoms with van der Waals surface area (Å²) >= 11 is 1.36. The summed E-state index contributed by atoms with van der Waals surface area (Å²) in [5, 5.41) is 16.3.